The number of halogens is 1. The minimum atomic E-state index is 0.921. The topological polar surface area (TPSA) is 0 Å². The van der Waals surface area contributed by atoms with E-state index in [-0.39, 0.29) is 0 Å². The molecular formula is C7H11Br. The smallest absolute Gasteiger partial charge is 0.0279 e. The maximum atomic E-state index is 3.65. The van der Waals surface area contributed by atoms with Crippen LogP contribution in [0.3, 0.4) is 0 Å². The summed E-state index contributed by atoms with van der Waals surface area (Å²) in [7, 11) is 0. The second-order valence-corrected chi connectivity index (χ2v) is 2.09. The van der Waals surface area contributed by atoms with Crippen LogP contribution in [0.5, 0.6) is 0 Å². The molecule has 0 saturated carbocycles. The van der Waals surface area contributed by atoms with Crippen LogP contribution in [0.1, 0.15) is 13.3 Å². The van der Waals surface area contributed by atoms with Crippen molar-refractivity contribution in [2.75, 3.05) is 5.33 Å². The standard InChI is InChI=1S/C7H11Br/c1-3-5-7(4-2)6-8/h4-5H,2-3,6H2,1H3/b7-5+. The Morgan fingerprint density at radius 1 is 1.75 bits per heavy atom. The van der Waals surface area contributed by atoms with Gasteiger partial charge in [-0.15, -0.1) is 0 Å². The predicted octanol–water partition coefficient (Wildman–Crippen LogP) is 2.90. The van der Waals surface area contributed by atoms with Gasteiger partial charge in [-0.3, -0.25) is 0 Å². The van der Waals surface area contributed by atoms with Crippen molar-refractivity contribution in [1.82, 2.24) is 0 Å². The zero-order valence-electron chi connectivity index (χ0n) is 5.15. The third-order valence-electron chi connectivity index (χ3n) is 0.883. The molecule has 0 aromatic heterocycles. The molecule has 0 rings (SSSR count). The Balaban J connectivity index is 3.66. The quantitative estimate of drug-likeness (QED) is 0.457. The van der Waals surface area contributed by atoms with Gasteiger partial charge in [-0.05, 0) is 12.0 Å². The first-order chi connectivity index (χ1) is 3.85. The van der Waals surface area contributed by atoms with Crippen molar-refractivity contribution in [3.05, 3.63) is 24.3 Å². The third-order valence-corrected chi connectivity index (χ3v) is 1.53. The van der Waals surface area contributed by atoms with E-state index in [9.17, 15) is 0 Å². The molecule has 46 valence electrons. The van der Waals surface area contributed by atoms with Gasteiger partial charge in [-0.2, -0.15) is 0 Å². The van der Waals surface area contributed by atoms with E-state index < -0.39 is 0 Å². The maximum absolute atomic E-state index is 3.65. The summed E-state index contributed by atoms with van der Waals surface area (Å²) in [4.78, 5) is 0. The molecule has 0 saturated heterocycles. The fourth-order valence-electron chi connectivity index (χ4n) is 0.455. The first kappa shape index (κ1) is 7.96. The molecule has 0 atom stereocenters. The molecule has 0 radical (unpaired) electrons. The Labute approximate surface area is 59.4 Å². The number of hydrogen-bond donors (Lipinski definition) is 0. The van der Waals surface area contributed by atoms with Crippen LogP contribution in [0.4, 0.5) is 0 Å². The zero-order valence-corrected chi connectivity index (χ0v) is 6.74. The average molecular weight is 175 g/mol. The lowest BCUT2D eigenvalue weighted by Crippen LogP contribution is -1.75. The lowest BCUT2D eigenvalue weighted by atomic mass is 10.2. The van der Waals surface area contributed by atoms with E-state index in [1.165, 1.54) is 5.57 Å². The van der Waals surface area contributed by atoms with Gasteiger partial charge in [0.05, 0.1) is 0 Å². The molecule has 0 aliphatic heterocycles. The Morgan fingerprint density at radius 3 is 2.50 bits per heavy atom. The summed E-state index contributed by atoms with van der Waals surface area (Å²) < 4.78 is 0. The van der Waals surface area contributed by atoms with E-state index in [0.29, 0.717) is 0 Å². The zero-order chi connectivity index (χ0) is 6.41. The summed E-state index contributed by atoms with van der Waals surface area (Å²) in [6, 6.07) is 0. The molecule has 8 heavy (non-hydrogen) atoms. The number of hydrogen-bond acceptors (Lipinski definition) is 0. The van der Waals surface area contributed by atoms with Gasteiger partial charge in [0.2, 0.25) is 0 Å². The SMILES string of the molecule is C=C/C(=C\CC)CBr. The van der Waals surface area contributed by atoms with Crippen molar-refractivity contribution in [1.29, 1.82) is 0 Å². The van der Waals surface area contributed by atoms with Crippen molar-refractivity contribution >= 4 is 15.9 Å². The second kappa shape index (κ2) is 5.10. The van der Waals surface area contributed by atoms with Crippen molar-refractivity contribution in [3.63, 3.8) is 0 Å². The van der Waals surface area contributed by atoms with Gasteiger partial charge in [0.15, 0.2) is 0 Å². The number of alkyl halides is 1. The molecule has 0 aliphatic carbocycles. The van der Waals surface area contributed by atoms with Gasteiger partial charge in [-0.25, -0.2) is 0 Å². The molecule has 0 unspecified atom stereocenters. The fourth-order valence-corrected chi connectivity index (χ4v) is 0.912. The first-order valence-electron chi connectivity index (χ1n) is 2.72. The molecule has 0 nitrogen and oxygen atoms in total. The first-order valence-corrected chi connectivity index (χ1v) is 3.84. The Bertz CT molecular complexity index is 92.6. The van der Waals surface area contributed by atoms with Crippen molar-refractivity contribution in [3.8, 4) is 0 Å². The van der Waals surface area contributed by atoms with E-state index in [1.54, 1.807) is 0 Å². The molecule has 0 spiro atoms. The summed E-state index contributed by atoms with van der Waals surface area (Å²) in [5.41, 5.74) is 1.27. The van der Waals surface area contributed by atoms with Crippen molar-refractivity contribution < 1.29 is 0 Å². The van der Waals surface area contributed by atoms with E-state index in [0.717, 1.165) is 11.8 Å². The molecule has 1 heteroatoms. The van der Waals surface area contributed by atoms with Gasteiger partial charge in [-0.1, -0.05) is 41.6 Å². The van der Waals surface area contributed by atoms with Gasteiger partial charge in [0.1, 0.15) is 0 Å². The van der Waals surface area contributed by atoms with Crippen LogP contribution in [-0.2, 0) is 0 Å². The molecular weight excluding hydrogens is 164 g/mol. The van der Waals surface area contributed by atoms with Crippen LogP contribution < -0.4 is 0 Å². The minimum Gasteiger partial charge on any atom is -0.0988 e. The fraction of sp³-hybridized carbons (Fsp3) is 0.429. The highest BCUT2D eigenvalue weighted by Crippen LogP contribution is 2.00. The normalized spacial score (nSPS) is 11.5. The van der Waals surface area contributed by atoms with Gasteiger partial charge in [0.25, 0.3) is 0 Å². The highest BCUT2D eigenvalue weighted by molar-refractivity contribution is 9.09. The molecule has 0 aromatic carbocycles. The van der Waals surface area contributed by atoms with E-state index in [2.05, 4.69) is 35.5 Å². The molecule has 0 amide bonds. The average Bonchev–Trinajstić information content (AvgIpc) is 1.83. The third kappa shape index (κ3) is 3.03. The summed E-state index contributed by atoms with van der Waals surface area (Å²) in [6.07, 6.45) is 5.12. The van der Waals surface area contributed by atoms with Gasteiger partial charge in [0, 0.05) is 5.33 Å². The number of rotatable bonds is 3. The molecule has 0 fully saturated rings. The molecule has 0 aromatic rings. The molecule has 0 aliphatic rings. The summed E-state index contributed by atoms with van der Waals surface area (Å²) in [5.74, 6) is 0. The van der Waals surface area contributed by atoms with E-state index in [1.807, 2.05) is 6.08 Å². The summed E-state index contributed by atoms with van der Waals surface area (Å²) >= 11 is 3.34. The van der Waals surface area contributed by atoms with Gasteiger partial charge >= 0.3 is 0 Å². The number of allylic oxidation sites excluding steroid dienone is 3. The lowest BCUT2D eigenvalue weighted by molar-refractivity contribution is 1.20. The maximum Gasteiger partial charge on any atom is 0.0279 e. The van der Waals surface area contributed by atoms with Gasteiger partial charge < -0.3 is 0 Å². The van der Waals surface area contributed by atoms with Crippen LogP contribution in [0.15, 0.2) is 24.3 Å². The van der Waals surface area contributed by atoms with Crippen LogP contribution >= 0.6 is 15.9 Å². The summed E-state index contributed by atoms with van der Waals surface area (Å²) in [5, 5.41) is 0.921. The molecule has 0 heterocycles. The van der Waals surface area contributed by atoms with Crippen LogP contribution in [0, 0.1) is 0 Å². The largest absolute Gasteiger partial charge is 0.0988 e. The van der Waals surface area contributed by atoms with Crippen LogP contribution in [0.2, 0.25) is 0 Å². The highest BCUT2D eigenvalue weighted by atomic mass is 79.9. The van der Waals surface area contributed by atoms with E-state index >= 15 is 0 Å². The van der Waals surface area contributed by atoms with E-state index in [4.69, 9.17) is 0 Å². The Kier molecular flexibility index (Phi) is 5.08. The highest BCUT2D eigenvalue weighted by Gasteiger charge is 1.82. The Morgan fingerprint density at radius 2 is 2.38 bits per heavy atom. The predicted molar refractivity (Wildman–Crippen MR) is 42.4 cm³/mol. The van der Waals surface area contributed by atoms with Crippen molar-refractivity contribution in [2.45, 2.75) is 13.3 Å². The molecule has 0 bridgehead atoms. The van der Waals surface area contributed by atoms with Crippen LogP contribution in [-0.4, -0.2) is 5.33 Å². The second-order valence-electron chi connectivity index (χ2n) is 1.53. The minimum absolute atomic E-state index is 0.921. The lowest BCUT2D eigenvalue weighted by Gasteiger charge is -1.89. The monoisotopic (exact) mass is 174 g/mol. The van der Waals surface area contributed by atoms with Crippen molar-refractivity contribution in [2.24, 2.45) is 0 Å². The van der Waals surface area contributed by atoms with Crippen LogP contribution in [0.25, 0.3) is 0 Å². The molecule has 0 N–H and O–H groups in total. The Hall–Kier alpha value is -0.0400. The summed E-state index contributed by atoms with van der Waals surface area (Å²) in [6.45, 7) is 5.77.